The molecule has 1 aromatic carbocycles. The van der Waals surface area contributed by atoms with Crippen LogP contribution in [-0.2, 0) is 9.53 Å². The number of aromatic nitrogens is 1. The van der Waals surface area contributed by atoms with Crippen LogP contribution < -0.4 is 5.73 Å². The average Bonchev–Trinajstić information content (AvgIpc) is 2.80. The van der Waals surface area contributed by atoms with E-state index in [-0.39, 0.29) is 24.6 Å². The highest BCUT2D eigenvalue weighted by Crippen LogP contribution is 2.35. The number of rotatable bonds is 4. The van der Waals surface area contributed by atoms with Gasteiger partial charge < -0.3 is 15.5 Å². The van der Waals surface area contributed by atoms with Gasteiger partial charge in [0.1, 0.15) is 6.04 Å². The van der Waals surface area contributed by atoms with Crippen LogP contribution in [0, 0.1) is 0 Å². The van der Waals surface area contributed by atoms with E-state index in [0.29, 0.717) is 10.9 Å². The minimum atomic E-state index is -3.78. The lowest BCUT2D eigenvalue weighted by Crippen LogP contribution is -2.41. The molecule has 2 rings (SSSR count). The summed E-state index contributed by atoms with van der Waals surface area (Å²) in [6, 6.07) is 3.41. The number of H-pyrrole nitrogens is 1. The third-order valence-corrected chi connectivity index (χ3v) is 3.44. The van der Waals surface area contributed by atoms with Crippen molar-refractivity contribution >= 4 is 45.2 Å². The maximum atomic E-state index is 14.0. The Kier molecular flexibility index (Phi) is 5.72. The van der Waals surface area contributed by atoms with E-state index in [2.05, 4.69) is 25.7 Å². The lowest BCUT2D eigenvalue weighted by Gasteiger charge is -2.21. The molecule has 0 unspecified atom stereocenters. The zero-order valence-corrected chi connectivity index (χ0v) is 13.4. The van der Waals surface area contributed by atoms with Crippen LogP contribution in [0.25, 0.3) is 10.9 Å². The monoisotopic (exact) mass is 382 g/mol. The van der Waals surface area contributed by atoms with Crippen molar-refractivity contribution in [3.63, 3.8) is 0 Å². The maximum Gasteiger partial charge on any atom is 0.379 e. The fourth-order valence-electron chi connectivity index (χ4n) is 1.92. The number of aromatic amines is 1. The van der Waals surface area contributed by atoms with Gasteiger partial charge in [-0.15, -0.1) is 12.4 Å². The van der Waals surface area contributed by atoms with Crippen molar-refractivity contribution < 1.29 is 18.3 Å². The van der Waals surface area contributed by atoms with Gasteiger partial charge in [-0.2, -0.15) is 8.78 Å². The Morgan fingerprint density at radius 1 is 1.52 bits per heavy atom. The molecule has 3 N–H and O–H groups in total. The predicted molar refractivity (Wildman–Crippen MR) is 81.8 cm³/mol. The molecule has 2 aromatic rings. The molecule has 0 saturated heterocycles. The number of fused-ring (bicyclic) bond motifs is 1. The van der Waals surface area contributed by atoms with E-state index in [1.807, 2.05) is 0 Å². The van der Waals surface area contributed by atoms with Gasteiger partial charge in [-0.1, -0.05) is 15.9 Å². The molecule has 0 fully saturated rings. The van der Waals surface area contributed by atoms with Crippen molar-refractivity contribution in [3.8, 4) is 0 Å². The van der Waals surface area contributed by atoms with E-state index >= 15 is 0 Å². The Labute approximate surface area is 134 Å². The number of nitrogens with one attached hydrogen (secondary N) is 1. The van der Waals surface area contributed by atoms with Crippen molar-refractivity contribution in [1.29, 1.82) is 0 Å². The first kappa shape index (κ1) is 17.9. The molecule has 1 heterocycles. The zero-order chi connectivity index (χ0) is 14.9. The van der Waals surface area contributed by atoms with Crippen LogP contribution in [0.2, 0.25) is 0 Å². The van der Waals surface area contributed by atoms with Gasteiger partial charge in [0.05, 0.1) is 6.61 Å². The van der Waals surface area contributed by atoms with Gasteiger partial charge in [-0.3, -0.25) is 0 Å². The molecule has 0 aliphatic rings. The molecule has 0 radical (unpaired) electrons. The standard InChI is InChI=1S/C13H13BrF2N2O2.ClH/c1-2-20-12(19)13(15,16)11(17)9-6-18-10-4-3-7(14)5-8(9)10;/h3-6,11,18H,2,17H2,1H3;1H/t11-;/m1./s1. The summed E-state index contributed by atoms with van der Waals surface area (Å²) in [6.45, 7) is 1.34. The normalized spacial score (nSPS) is 12.8. The lowest BCUT2D eigenvalue weighted by molar-refractivity contribution is -0.174. The van der Waals surface area contributed by atoms with Crippen molar-refractivity contribution in [2.75, 3.05) is 6.61 Å². The number of carbonyl (C=O) groups excluding carboxylic acids is 1. The van der Waals surface area contributed by atoms with Gasteiger partial charge in [-0.05, 0) is 25.1 Å². The first-order valence-electron chi connectivity index (χ1n) is 5.95. The molecule has 0 spiro atoms. The SMILES string of the molecule is CCOC(=O)C(F)(F)[C@H](N)c1c[nH]c2ccc(Br)cc12.Cl. The van der Waals surface area contributed by atoms with Gasteiger partial charge >= 0.3 is 11.9 Å². The van der Waals surface area contributed by atoms with E-state index in [4.69, 9.17) is 5.73 Å². The number of alkyl halides is 2. The smallest absolute Gasteiger partial charge is 0.379 e. The van der Waals surface area contributed by atoms with Crippen LogP contribution in [0.5, 0.6) is 0 Å². The summed E-state index contributed by atoms with van der Waals surface area (Å²) in [5.74, 6) is -5.40. The van der Waals surface area contributed by atoms with Crippen LogP contribution in [0.1, 0.15) is 18.5 Å². The third kappa shape index (κ3) is 3.36. The van der Waals surface area contributed by atoms with Gasteiger partial charge in [-0.25, -0.2) is 4.79 Å². The molecule has 0 bridgehead atoms. The second kappa shape index (κ2) is 6.72. The number of halogens is 4. The Bertz CT molecular complexity index is 648. The Morgan fingerprint density at radius 2 is 2.19 bits per heavy atom. The maximum absolute atomic E-state index is 14.0. The van der Waals surface area contributed by atoms with Crippen molar-refractivity contribution in [3.05, 3.63) is 34.4 Å². The molecule has 0 aliphatic heterocycles. The van der Waals surface area contributed by atoms with E-state index in [9.17, 15) is 13.6 Å². The summed E-state index contributed by atoms with van der Waals surface area (Å²) in [7, 11) is 0. The Balaban J connectivity index is 0.00000220. The summed E-state index contributed by atoms with van der Waals surface area (Å²) < 4.78 is 33.0. The van der Waals surface area contributed by atoms with Crippen LogP contribution >= 0.6 is 28.3 Å². The minimum absolute atomic E-state index is 0. The summed E-state index contributed by atoms with van der Waals surface area (Å²) in [5.41, 5.74) is 6.41. The summed E-state index contributed by atoms with van der Waals surface area (Å²) in [5, 5.41) is 0.538. The number of hydrogen-bond acceptors (Lipinski definition) is 3. The second-order valence-electron chi connectivity index (χ2n) is 4.26. The topological polar surface area (TPSA) is 68.1 Å². The lowest BCUT2D eigenvalue weighted by atomic mass is 10.0. The molecule has 1 aromatic heterocycles. The van der Waals surface area contributed by atoms with Crippen molar-refractivity contribution in [2.24, 2.45) is 5.73 Å². The largest absolute Gasteiger partial charge is 0.462 e. The first-order chi connectivity index (χ1) is 9.37. The van der Waals surface area contributed by atoms with E-state index in [0.717, 1.165) is 4.47 Å². The average molecular weight is 384 g/mol. The third-order valence-electron chi connectivity index (χ3n) is 2.95. The van der Waals surface area contributed by atoms with Crippen molar-refractivity contribution in [1.82, 2.24) is 4.98 Å². The molecule has 116 valence electrons. The molecule has 21 heavy (non-hydrogen) atoms. The van der Waals surface area contributed by atoms with Gasteiger partial charge in [0.15, 0.2) is 0 Å². The number of nitrogens with two attached hydrogens (primary N) is 1. The molecule has 0 aliphatic carbocycles. The van der Waals surface area contributed by atoms with Crippen LogP contribution in [0.15, 0.2) is 28.9 Å². The van der Waals surface area contributed by atoms with Gasteiger partial charge in [0.25, 0.3) is 0 Å². The van der Waals surface area contributed by atoms with E-state index in [1.165, 1.54) is 13.1 Å². The Morgan fingerprint density at radius 3 is 2.81 bits per heavy atom. The molecule has 0 amide bonds. The van der Waals surface area contributed by atoms with Crippen molar-refractivity contribution in [2.45, 2.75) is 18.9 Å². The molecular weight excluding hydrogens is 370 g/mol. The number of esters is 1. The Hall–Kier alpha value is -1.18. The minimum Gasteiger partial charge on any atom is -0.462 e. The van der Waals surface area contributed by atoms with Gasteiger partial charge in [0.2, 0.25) is 0 Å². The summed E-state index contributed by atoms with van der Waals surface area (Å²) in [4.78, 5) is 14.2. The molecule has 0 saturated carbocycles. The zero-order valence-electron chi connectivity index (χ0n) is 11.0. The molecule has 1 atom stereocenters. The number of ether oxygens (including phenoxy) is 1. The van der Waals surface area contributed by atoms with Gasteiger partial charge in [0, 0.05) is 27.1 Å². The first-order valence-corrected chi connectivity index (χ1v) is 6.74. The summed E-state index contributed by atoms with van der Waals surface area (Å²) >= 11 is 3.27. The molecular formula is C13H14BrClF2N2O2. The highest BCUT2D eigenvalue weighted by Gasteiger charge is 2.48. The molecule has 4 nitrogen and oxygen atoms in total. The van der Waals surface area contributed by atoms with Crippen LogP contribution in [0.4, 0.5) is 8.78 Å². The molecule has 8 heteroatoms. The number of carbonyl (C=O) groups is 1. The highest BCUT2D eigenvalue weighted by atomic mass is 79.9. The van der Waals surface area contributed by atoms with Crippen LogP contribution in [0.3, 0.4) is 0 Å². The fraction of sp³-hybridized carbons (Fsp3) is 0.308. The van der Waals surface area contributed by atoms with Crippen LogP contribution in [-0.4, -0.2) is 23.5 Å². The second-order valence-corrected chi connectivity index (χ2v) is 5.17. The summed E-state index contributed by atoms with van der Waals surface area (Å²) in [6.07, 6.45) is 1.38. The quantitative estimate of drug-likeness (QED) is 0.793. The highest BCUT2D eigenvalue weighted by molar-refractivity contribution is 9.10. The number of benzene rings is 1. The van der Waals surface area contributed by atoms with E-state index in [1.54, 1.807) is 18.2 Å². The number of hydrogen-bond donors (Lipinski definition) is 2. The predicted octanol–water partition coefficient (Wildman–Crippen LogP) is 3.55. The fourth-order valence-corrected chi connectivity index (χ4v) is 2.28. The van der Waals surface area contributed by atoms with E-state index < -0.39 is 17.9 Å².